The van der Waals surface area contributed by atoms with Gasteiger partial charge in [0.1, 0.15) is 6.04 Å². The van der Waals surface area contributed by atoms with Crippen molar-refractivity contribution < 1.29 is 9.90 Å². The van der Waals surface area contributed by atoms with Crippen molar-refractivity contribution in [2.45, 2.75) is 12.5 Å². The molecule has 1 fully saturated rings. The molecule has 3 heteroatoms. The first-order chi connectivity index (χ1) is 6.29. The number of carboxylic acids is 1. The molecule has 13 heavy (non-hydrogen) atoms. The van der Waals surface area contributed by atoms with E-state index >= 15 is 0 Å². The van der Waals surface area contributed by atoms with Crippen molar-refractivity contribution in [1.82, 2.24) is 0 Å². The second kappa shape index (κ2) is 3.09. The molecular formula is C10H10NO2. The Morgan fingerprint density at radius 2 is 2.23 bits per heavy atom. The van der Waals surface area contributed by atoms with Gasteiger partial charge in [0, 0.05) is 12.2 Å². The predicted molar refractivity (Wildman–Crippen MR) is 48.7 cm³/mol. The number of anilines is 1. The largest absolute Gasteiger partial charge is 0.480 e. The van der Waals surface area contributed by atoms with Crippen molar-refractivity contribution in [2.75, 3.05) is 11.4 Å². The van der Waals surface area contributed by atoms with Crippen molar-refractivity contribution in [3.05, 3.63) is 30.3 Å². The van der Waals surface area contributed by atoms with E-state index in [0.29, 0.717) is 0 Å². The van der Waals surface area contributed by atoms with Gasteiger partial charge >= 0.3 is 5.97 Å². The van der Waals surface area contributed by atoms with E-state index in [1.165, 1.54) is 0 Å². The Labute approximate surface area is 76.6 Å². The molecule has 2 rings (SSSR count). The van der Waals surface area contributed by atoms with Gasteiger partial charge in [-0.3, -0.25) is 0 Å². The lowest BCUT2D eigenvalue weighted by Gasteiger charge is -2.39. The Morgan fingerprint density at radius 1 is 1.54 bits per heavy atom. The van der Waals surface area contributed by atoms with Crippen LogP contribution in [0.25, 0.3) is 0 Å². The van der Waals surface area contributed by atoms with Crippen LogP contribution < -0.4 is 4.90 Å². The Morgan fingerprint density at radius 3 is 2.69 bits per heavy atom. The highest BCUT2D eigenvalue weighted by molar-refractivity contribution is 5.80. The molecule has 3 nitrogen and oxygen atoms in total. The van der Waals surface area contributed by atoms with Crippen molar-refractivity contribution in [3.8, 4) is 0 Å². The molecule has 67 valence electrons. The van der Waals surface area contributed by atoms with E-state index in [9.17, 15) is 4.79 Å². The molecule has 1 aliphatic heterocycles. The third-order valence-electron chi connectivity index (χ3n) is 2.34. The zero-order chi connectivity index (χ0) is 9.26. The minimum Gasteiger partial charge on any atom is -0.480 e. The molecule has 1 radical (unpaired) electrons. The second-order valence-corrected chi connectivity index (χ2v) is 3.09. The summed E-state index contributed by atoms with van der Waals surface area (Å²) in [6.45, 7) is 0.834. The van der Waals surface area contributed by atoms with Crippen LogP contribution in [0.4, 0.5) is 5.69 Å². The first-order valence-corrected chi connectivity index (χ1v) is 4.24. The molecule has 0 saturated carbocycles. The van der Waals surface area contributed by atoms with Gasteiger partial charge in [-0.15, -0.1) is 0 Å². The third-order valence-corrected chi connectivity index (χ3v) is 2.34. The topological polar surface area (TPSA) is 40.5 Å². The molecule has 0 bridgehead atoms. The van der Waals surface area contributed by atoms with Crippen LogP contribution in [0.15, 0.2) is 24.3 Å². The van der Waals surface area contributed by atoms with Crippen molar-refractivity contribution in [2.24, 2.45) is 0 Å². The Kier molecular flexibility index (Phi) is 1.93. The molecule has 1 aromatic carbocycles. The Bertz CT molecular complexity index is 310. The summed E-state index contributed by atoms with van der Waals surface area (Å²) in [6, 6.07) is 9.94. The quantitative estimate of drug-likeness (QED) is 0.734. The molecule has 0 aliphatic carbocycles. The second-order valence-electron chi connectivity index (χ2n) is 3.09. The smallest absolute Gasteiger partial charge is 0.326 e. The molecule has 1 atom stereocenters. The fourth-order valence-electron chi connectivity index (χ4n) is 1.52. The highest BCUT2D eigenvalue weighted by Crippen LogP contribution is 2.25. The number of carboxylic acid groups (broad SMARTS) is 1. The SMILES string of the molecule is O=C(O)C1CCN1c1cc[c]cc1. The van der Waals surface area contributed by atoms with Crippen molar-refractivity contribution in [1.29, 1.82) is 0 Å². The van der Waals surface area contributed by atoms with E-state index in [2.05, 4.69) is 6.07 Å². The minimum atomic E-state index is -0.737. The van der Waals surface area contributed by atoms with Gasteiger partial charge in [0.2, 0.25) is 0 Å². The van der Waals surface area contributed by atoms with E-state index in [-0.39, 0.29) is 6.04 Å². The third kappa shape index (κ3) is 1.37. The lowest BCUT2D eigenvalue weighted by molar-refractivity contribution is -0.139. The molecule has 1 heterocycles. The van der Waals surface area contributed by atoms with Gasteiger partial charge < -0.3 is 10.0 Å². The summed E-state index contributed by atoms with van der Waals surface area (Å²) in [4.78, 5) is 12.6. The van der Waals surface area contributed by atoms with Crippen LogP contribution in [0, 0.1) is 6.07 Å². The fourth-order valence-corrected chi connectivity index (χ4v) is 1.52. The number of aliphatic carboxylic acids is 1. The lowest BCUT2D eigenvalue weighted by atomic mass is 10.0. The standard InChI is InChI=1S/C10H10NO2/c12-10(13)9-6-7-11(9)8-4-2-1-3-5-8/h2-5,9H,6-7H2,(H,12,13). The first kappa shape index (κ1) is 8.10. The maximum Gasteiger partial charge on any atom is 0.326 e. The van der Waals surface area contributed by atoms with Crippen LogP contribution >= 0.6 is 0 Å². The van der Waals surface area contributed by atoms with Crippen LogP contribution in [0.1, 0.15) is 6.42 Å². The molecule has 1 aromatic rings. The van der Waals surface area contributed by atoms with Gasteiger partial charge in [-0.05, 0) is 24.6 Å². The normalized spacial score (nSPS) is 20.9. The van der Waals surface area contributed by atoms with Gasteiger partial charge in [-0.1, -0.05) is 12.1 Å². The molecule has 1 aliphatic rings. The molecule has 1 N–H and O–H groups in total. The van der Waals surface area contributed by atoms with Gasteiger partial charge in [0.15, 0.2) is 0 Å². The minimum absolute atomic E-state index is 0.331. The molecule has 1 unspecified atom stereocenters. The monoisotopic (exact) mass is 176 g/mol. The van der Waals surface area contributed by atoms with Crippen LogP contribution in [0.5, 0.6) is 0 Å². The maximum atomic E-state index is 10.7. The number of hydrogen-bond donors (Lipinski definition) is 1. The summed E-state index contributed by atoms with van der Waals surface area (Å²) in [6.07, 6.45) is 0.744. The number of nitrogens with zero attached hydrogens (tertiary/aromatic N) is 1. The van der Waals surface area contributed by atoms with Crippen LogP contribution in [-0.2, 0) is 4.79 Å². The average molecular weight is 176 g/mol. The molecule has 1 saturated heterocycles. The zero-order valence-electron chi connectivity index (χ0n) is 7.10. The summed E-state index contributed by atoms with van der Waals surface area (Å²) in [5.41, 5.74) is 0.970. The lowest BCUT2D eigenvalue weighted by Crippen LogP contribution is -2.52. The first-order valence-electron chi connectivity index (χ1n) is 4.24. The molecular weight excluding hydrogens is 166 g/mol. The summed E-state index contributed by atoms with van der Waals surface area (Å²) in [7, 11) is 0. The van der Waals surface area contributed by atoms with Crippen molar-refractivity contribution in [3.63, 3.8) is 0 Å². The Balaban J connectivity index is 2.15. The number of carbonyl (C=O) groups is 1. The number of rotatable bonds is 2. The van der Waals surface area contributed by atoms with Gasteiger partial charge in [-0.25, -0.2) is 4.79 Å². The van der Waals surface area contributed by atoms with E-state index in [0.717, 1.165) is 18.7 Å². The predicted octanol–water partition coefficient (Wildman–Crippen LogP) is 1.15. The van der Waals surface area contributed by atoms with Gasteiger partial charge in [0.05, 0.1) is 0 Å². The summed E-state index contributed by atoms with van der Waals surface area (Å²) in [5.74, 6) is -0.737. The van der Waals surface area contributed by atoms with Gasteiger partial charge in [-0.2, -0.15) is 0 Å². The van der Waals surface area contributed by atoms with Gasteiger partial charge in [0.25, 0.3) is 0 Å². The summed E-state index contributed by atoms with van der Waals surface area (Å²) >= 11 is 0. The number of hydrogen-bond acceptors (Lipinski definition) is 2. The fraction of sp³-hybridized carbons (Fsp3) is 0.300. The van der Waals surface area contributed by atoms with E-state index < -0.39 is 5.97 Å². The summed E-state index contributed by atoms with van der Waals surface area (Å²) in [5, 5.41) is 8.82. The molecule has 0 aromatic heterocycles. The van der Waals surface area contributed by atoms with E-state index in [4.69, 9.17) is 5.11 Å². The van der Waals surface area contributed by atoms with E-state index in [1.807, 2.05) is 17.0 Å². The molecule has 0 amide bonds. The number of benzene rings is 1. The highest BCUT2D eigenvalue weighted by atomic mass is 16.4. The Hall–Kier alpha value is -1.51. The van der Waals surface area contributed by atoms with Crippen molar-refractivity contribution >= 4 is 11.7 Å². The van der Waals surface area contributed by atoms with Crippen LogP contribution in [0.3, 0.4) is 0 Å². The molecule has 0 spiro atoms. The zero-order valence-corrected chi connectivity index (χ0v) is 7.10. The van der Waals surface area contributed by atoms with Crippen LogP contribution in [-0.4, -0.2) is 23.7 Å². The highest BCUT2D eigenvalue weighted by Gasteiger charge is 2.33. The maximum absolute atomic E-state index is 10.7. The van der Waals surface area contributed by atoms with E-state index in [1.54, 1.807) is 12.1 Å². The average Bonchev–Trinajstić information content (AvgIpc) is 2.02. The van der Waals surface area contributed by atoms with Crippen LogP contribution in [0.2, 0.25) is 0 Å². The summed E-state index contributed by atoms with van der Waals surface area (Å²) < 4.78 is 0.